The van der Waals surface area contributed by atoms with Gasteiger partial charge in [0.2, 0.25) is 0 Å². The first-order valence-electron chi connectivity index (χ1n) is 25.7. The van der Waals surface area contributed by atoms with Crippen molar-refractivity contribution in [2.75, 3.05) is 13.6 Å². The van der Waals surface area contributed by atoms with E-state index in [2.05, 4.69) is 16.0 Å². The number of carbonyl (C=O) groups is 6. The Morgan fingerprint density at radius 1 is 0.432 bits per heavy atom. The van der Waals surface area contributed by atoms with Crippen LogP contribution in [0.3, 0.4) is 0 Å². The van der Waals surface area contributed by atoms with E-state index in [9.17, 15) is 43.2 Å². The first kappa shape index (κ1) is 58.6. The molecule has 0 aliphatic rings. The molecule has 0 radical (unpaired) electrons. The summed E-state index contributed by atoms with van der Waals surface area (Å²) in [5.74, 6) is 0.772. The number of nitrogens with one attached hydrogen (secondary N) is 3. The molecular formula is C60H57N3O18. The number of hydrogen-bond acceptors (Lipinski definition) is 18. The second-order valence-electron chi connectivity index (χ2n) is 18.6. The zero-order chi connectivity index (χ0) is 58.5. The molecule has 0 spiro atoms. The molecule has 0 atom stereocenters. The van der Waals surface area contributed by atoms with Crippen LogP contribution in [0.4, 0.5) is 14.4 Å². The van der Waals surface area contributed by atoms with Crippen molar-refractivity contribution in [2.45, 2.75) is 80.2 Å². The zero-order valence-electron chi connectivity index (χ0n) is 45.4. The second-order valence-corrected chi connectivity index (χ2v) is 18.6. The van der Waals surface area contributed by atoms with Crippen molar-refractivity contribution in [2.24, 2.45) is 5.92 Å². The molecule has 21 nitrogen and oxygen atoms in total. The van der Waals surface area contributed by atoms with Crippen LogP contribution in [0.25, 0.3) is 65.2 Å². The molecule has 0 unspecified atom stereocenters. The predicted molar refractivity (Wildman–Crippen MR) is 301 cm³/mol. The second kappa shape index (κ2) is 26.5. The molecule has 3 aromatic heterocycles. The maximum Gasteiger partial charge on any atom is 0.412 e. The van der Waals surface area contributed by atoms with Gasteiger partial charge in [0, 0.05) is 89.4 Å². The fraction of sp³-hybridized carbons (Fsp3) is 0.250. The Labute approximate surface area is 461 Å². The van der Waals surface area contributed by atoms with E-state index in [4.69, 9.17) is 41.7 Å². The van der Waals surface area contributed by atoms with Crippen LogP contribution in [0.2, 0.25) is 0 Å². The zero-order valence-corrected chi connectivity index (χ0v) is 45.4. The summed E-state index contributed by atoms with van der Waals surface area (Å²) in [6.07, 6.45) is -0.286. The Morgan fingerprint density at radius 2 is 0.790 bits per heavy atom. The largest absolute Gasteiger partial charge is 0.426 e. The van der Waals surface area contributed by atoms with Gasteiger partial charge < -0.3 is 57.6 Å². The highest BCUT2D eigenvalue weighted by Gasteiger charge is 2.17. The fourth-order valence-electron chi connectivity index (χ4n) is 7.97. The summed E-state index contributed by atoms with van der Waals surface area (Å²) in [6, 6.07) is 28.8. The Bertz CT molecular complexity index is 4060. The molecule has 81 heavy (non-hydrogen) atoms. The third-order valence-electron chi connectivity index (χ3n) is 11.5. The van der Waals surface area contributed by atoms with Crippen LogP contribution in [0.15, 0.2) is 137 Å². The molecule has 21 heteroatoms. The lowest BCUT2D eigenvalue weighted by Gasteiger charge is -2.10. The highest BCUT2D eigenvalue weighted by atomic mass is 16.6. The summed E-state index contributed by atoms with van der Waals surface area (Å²) < 4.78 is 47.1. The van der Waals surface area contributed by atoms with Crippen molar-refractivity contribution in [3.05, 3.63) is 140 Å². The lowest BCUT2D eigenvalue weighted by Crippen LogP contribution is -2.32. The molecule has 3 N–H and O–H groups in total. The first-order chi connectivity index (χ1) is 38.7. The van der Waals surface area contributed by atoms with Gasteiger partial charge in [0.1, 0.15) is 51.2 Å². The number of esters is 3. The monoisotopic (exact) mass is 1110 g/mol. The average molecular weight is 1110 g/mol. The van der Waals surface area contributed by atoms with Crippen LogP contribution < -0.4 is 61.2 Å². The van der Waals surface area contributed by atoms with E-state index in [0.717, 1.165) is 0 Å². The van der Waals surface area contributed by atoms with Gasteiger partial charge in [0.15, 0.2) is 0 Å². The van der Waals surface area contributed by atoms with Crippen molar-refractivity contribution < 1.29 is 70.4 Å². The number of fused-ring (bicyclic) bond motifs is 9. The van der Waals surface area contributed by atoms with Gasteiger partial charge in [-0.1, -0.05) is 27.7 Å². The minimum absolute atomic E-state index is 0.0687. The van der Waals surface area contributed by atoms with Gasteiger partial charge in [-0.15, -0.1) is 0 Å². The van der Waals surface area contributed by atoms with E-state index >= 15 is 0 Å². The molecule has 0 fully saturated rings. The molecule has 0 saturated carbocycles. The van der Waals surface area contributed by atoms with E-state index in [0.29, 0.717) is 97.5 Å². The summed E-state index contributed by atoms with van der Waals surface area (Å²) >= 11 is 0. The molecule has 0 aliphatic heterocycles. The molecular weight excluding hydrogens is 1050 g/mol. The number of carbonyl (C=O) groups excluding carboxylic acids is 6. The van der Waals surface area contributed by atoms with Crippen LogP contribution in [0, 0.1) is 5.92 Å². The van der Waals surface area contributed by atoms with Gasteiger partial charge in [0.25, 0.3) is 0 Å². The lowest BCUT2D eigenvalue weighted by atomic mass is 10.1. The summed E-state index contributed by atoms with van der Waals surface area (Å²) in [4.78, 5) is 107. The van der Waals surface area contributed by atoms with Gasteiger partial charge in [-0.05, 0) is 124 Å². The van der Waals surface area contributed by atoms with Crippen molar-refractivity contribution in [3.8, 4) is 34.5 Å². The fourth-order valence-corrected chi connectivity index (χ4v) is 7.97. The Hall–Kier alpha value is -10.1. The van der Waals surface area contributed by atoms with Crippen LogP contribution in [-0.4, -0.2) is 55.8 Å². The van der Waals surface area contributed by atoms with Gasteiger partial charge in [-0.3, -0.25) is 14.4 Å². The Balaban J connectivity index is 0.000000176. The van der Waals surface area contributed by atoms with E-state index in [-0.39, 0.29) is 64.3 Å². The molecule has 3 amide bonds. The molecule has 9 aromatic rings. The normalized spacial score (nSPS) is 10.9. The van der Waals surface area contributed by atoms with Gasteiger partial charge in [0.05, 0.1) is 16.2 Å². The molecule has 420 valence electrons. The average Bonchev–Trinajstić information content (AvgIpc) is 3.59. The smallest absolute Gasteiger partial charge is 0.412 e. The summed E-state index contributed by atoms with van der Waals surface area (Å²) in [5.41, 5.74) is -0.804. The number of ether oxygens (including phenoxy) is 6. The number of amides is 3. The quantitative estimate of drug-likeness (QED) is 0.0418. The number of rotatable bonds is 13. The Kier molecular flexibility index (Phi) is 19.2. The summed E-state index contributed by atoms with van der Waals surface area (Å²) in [7, 11) is 1.44. The highest BCUT2D eigenvalue weighted by molar-refractivity contribution is 6.07. The van der Waals surface area contributed by atoms with Gasteiger partial charge >= 0.3 is 53.1 Å². The topological polar surface area (TPSA) is 285 Å². The molecule has 9 rings (SSSR count). The van der Waals surface area contributed by atoms with Crippen LogP contribution >= 0.6 is 0 Å². The predicted octanol–water partition coefficient (Wildman–Crippen LogP) is 11.1. The molecule has 0 saturated heterocycles. The number of hydrogen-bond donors (Lipinski definition) is 3. The minimum Gasteiger partial charge on any atom is -0.426 e. The van der Waals surface area contributed by atoms with Crippen molar-refractivity contribution in [1.29, 1.82) is 0 Å². The maximum absolute atomic E-state index is 12.5. The van der Waals surface area contributed by atoms with E-state index in [1.165, 1.54) is 43.4 Å². The highest BCUT2D eigenvalue weighted by Crippen LogP contribution is 2.32. The van der Waals surface area contributed by atoms with E-state index in [1.54, 1.807) is 86.6 Å². The van der Waals surface area contributed by atoms with Crippen LogP contribution in [0.1, 0.15) is 74.1 Å². The van der Waals surface area contributed by atoms with E-state index < -0.39 is 35.2 Å². The Morgan fingerprint density at radius 3 is 1.15 bits per heavy atom. The SMILES string of the molecule is CC(C)CC(=O)Oc1ccc2c(c1)oc(=O)c1cc(OC(=O)NC(C)C)ccc12.CCC(=O)Oc1ccc2c(c1)oc(=O)c1cc(OC(=O)NC)ccc12.CCCC(=O)Oc1ccc2c(c1)oc(=O)c1cc(OC(=O)NCC)ccc12. The van der Waals surface area contributed by atoms with Gasteiger partial charge in [-0.25, -0.2) is 28.8 Å². The van der Waals surface area contributed by atoms with E-state index in [1.807, 2.05) is 34.6 Å². The van der Waals surface area contributed by atoms with Crippen molar-refractivity contribution in [3.63, 3.8) is 0 Å². The molecule has 6 aromatic carbocycles. The minimum atomic E-state index is -0.632. The first-order valence-corrected chi connectivity index (χ1v) is 25.7. The summed E-state index contributed by atoms with van der Waals surface area (Å²) in [6.45, 7) is 13.3. The third-order valence-corrected chi connectivity index (χ3v) is 11.5. The maximum atomic E-state index is 12.5. The van der Waals surface area contributed by atoms with Crippen LogP contribution in [0.5, 0.6) is 34.5 Å². The van der Waals surface area contributed by atoms with Gasteiger partial charge in [-0.2, -0.15) is 0 Å². The third kappa shape index (κ3) is 15.2. The molecule has 3 heterocycles. The van der Waals surface area contributed by atoms with Crippen molar-refractivity contribution >= 4 is 101 Å². The molecule has 0 bridgehead atoms. The summed E-state index contributed by atoms with van der Waals surface area (Å²) in [5, 5.41) is 12.3. The van der Waals surface area contributed by atoms with Crippen molar-refractivity contribution in [1.82, 2.24) is 16.0 Å². The lowest BCUT2D eigenvalue weighted by molar-refractivity contribution is -0.135. The molecule has 0 aliphatic carbocycles. The number of benzene rings is 6. The van der Waals surface area contributed by atoms with Crippen LogP contribution in [-0.2, 0) is 14.4 Å². The standard InChI is InChI=1S/C22H23NO6.C20H19NO6.C18H15NO6/c1-12(2)9-20(24)27-15-6-8-17-16-7-5-14(28-22(26)23-13(3)4)10-18(16)21(25)29-19(17)11-15;1-3-5-18(22)25-13-7-9-15-14-8-6-12(26-20(24)21-4-2)10-16(14)19(23)27-17(15)11-13;1-3-16(20)23-11-5-7-13-12-6-4-10(24-18(22)19-2)8-14(12)17(21)25-15(13)9-11/h5-8,10-13H,9H2,1-4H3,(H,23,26);6-11H,3-5H2,1-2H3,(H,21,24);4-9H,3H2,1-2H3,(H,19,22).